The van der Waals surface area contributed by atoms with Gasteiger partial charge in [-0.05, 0) is 12.1 Å². The molecule has 0 saturated carbocycles. The van der Waals surface area contributed by atoms with Gasteiger partial charge in [0.15, 0.2) is 5.69 Å². The van der Waals surface area contributed by atoms with E-state index < -0.39 is 0 Å². The van der Waals surface area contributed by atoms with E-state index in [9.17, 15) is 0 Å². The van der Waals surface area contributed by atoms with Crippen LogP contribution in [0.25, 0.3) is 11.4 Å². The molecule has 3 heteroatoms. The monoisotopic (exact) mass is 313 g/mol. The second kappa shape index (κ2) is 3.96. The Labute approximate surface area is 104 Å². The van der Waals surface area contributed by atoms with Crippen LogP contribution in [0.4, 0.5) is 0 Å². The Hall–Kier alpha value is -0.840. The lowest BCUT2D eigenvalue weighted by Crippen LogP contribution is -2.32. The zero-order chi connectivity index (χ0) is 11.0. The Kier molecular flexibility index (Phi) is 2.82. The van der Waals surface area contributed by atoms with Crippen molar-refractivity contribution < 1.29 is 4.57 Å². The Morgan fingerprint density at radius 2 is 1.80 bits per heavy atom. The quantitative estimate of drug-likeness (QED) is 0.565. The van der Waals surface area contributed by atoms with Crippen molar-refractivity contribution in [2.75, 3.05) is 0 Å². The lowest BCUT2D eigenvalue weighted by Gasteiger charge is -1.98. The predicted octanol–water partition coefficient (Wildman–Crippen LogP) is 2.43. The first-order chi connectivity index (χ1) is 7.13. The van der Waals surface area contributed by atoms with Crippen LogP contribution >= 0.6 is 22.6 Å². The molecule has 0 amide bonds. The summed E-state index contributed by atoms with van der Waals surface area (Å²) in [5.41, 5.74) is 2.56. The summed E-state index contributed by atoms with van der Waals surface area (Å²) in [6.45, 7) is 2.15. The summed E-state index contributed by atoms with van der Waals surface area (Å²) in [4.78, 5) is 0. The van der Waals surface area contributed by atoms with Crippen LogP contribution in [0.2, 0.25) is 0 Å². The van der Waals surface area contributed by atoms with E-state index in [1.165, 1.54) is 20.8 Å². The predicted molar refractivity (Wildman–Crippen MR) is 69.5 cm³/mol. The molecule has 0 atom stereocenters. The molecule has 0 aliphatic rings. The van der Waals surface area contributed by atoms with Crippen LogP contribution in [0, 0.1) is 10.6 Å². The number of nitrogens with zero attached hydrogens (tertiary/aromatic N) is 2. The molecule has 2 nitrogen and oxygen atoms in total. The minimum atomic E-state index is 1.25. The van der Waals surface area contributed by atoms with Gasteiger partial charge in [-0.1, -0.05) is 18.2 Å². The van der Waals surface area contributed by atoms with Crippen molar-refractivity contribution in [3.05, 3.63) is 39.7 Å². The van der Waals surface area contributed by atoms with Gasteiger partial charge in [0.05, 0.1) is 19.7 Å². The third-order valence-electron chi connectivity index (χ3n) is 2.76. The summed E-state index contributed by atoms with van der Waals surface area (Å²) in [7, 11) is 4.22. The summed E-state index contributed by atoms with van der Waals surface area (Å²) >= 11 is 2.38. The molecule has 0 aliphatic heterocycles. The maximum Gasteiger partial charge on any atom is 0.289 e. The molecule has 15 heavy (non-hydrogen) atoms. The van der Waals surface area contributed by atoms with Crippen molar-refractivity contribution in [1.29, 1.82) is 0 Å². The fraction of sp³-hybridized carbons (Fsp3) is 0.250. The minimum absolute atomic E-state index is 1.25. The molecule has 0 N–H and O–H groups in total. The minimum Gasteiger partial charge on any atom is -0.229 e. The first kappa shape index (κ1) is 10.7. The van der Waals surface area contributed by atoms with Gasteiger partial charge in [-0.2, -0.15) is 0 Å². The van der Waals surface area contributed by atoms with Crippen molar-refractivity contribution >= 4 is 22.6 Å². The summed E-state index contributed by atoms with van der Waals surface area (Å²) < 4.78 is 5.75. The smallest absolute Gasteiger partial charge is 0.229 e. The number of rotatable bonds is 1. The molecule has 2 aromatic rings. The fourth-order valence-electron chi connectivity index (χ4n) is 1.83. The molecule has 0 bridgehead atoms. The summed E-state index contributed by atoms with van der Waals surface area (Å²) in [6.07, 6.45) is 0. The van der Waals surface area contributed by atoms with Gasteiger partial charge in [-0.15, -0.1) is 0 Å². The maximum absolute atomic E-state index is 2.38. The first-order valence-electron chi connectivity index (χ1n) is 4.89. The maximum atomic E-state index is 2.38. The first-order valence-corrected chi connectivity index (χ1v) is 5.97. The molecule has 0 saturated heterocycles. The van der Waals surface area contributed by atoms with Gasteiger partial charge >= 0.3 is 0 Å². The Balaban J connectivity index is 2.69. The Bertz CT molecular complexity index is 461. The summed E-state index contributed by atoms with van der Waals surface area (Å²) in [5, 5.41) is 0. The van der Waals surface area contributed by atoms with E-state index in [4.69, 9.17) is 0 Å². The van der Waals surface area contributed by atoms with Crippen LogP contribution in [-0.2, 0) is 14.1 Å². The average molecular weight is 313 g/mol. The van der Waals surface area contributed by atoms with Crippen LogP contribution in [0.15, 0.2) is 30.3 Å². The zero-order valence-electron chi connectivity index (χ0n) is 9.16. The zero-order valence-corrected chi connectivity index (χ0v) is 11.3. The molecule has 0 radical (unpaired) electrons. The van der Waals surface area contributed by atoms with Gasteiger partial charge in [0, 0.05) is 29.5 Å². The summed E-state index contributed by atoms with van der Waals surface area (Å²) in [5.74, 6) is 1.25. The van der Waals surface area contributed by atoms with E-state index in [0.29, 0.717) is 0 Å². The number of aromatic nitrogens is 2. The van der Waals surface area contributed by atoms with Gasteiger partial charge in [-0.3, -0.25) is 0 Å². The standard InChI is InChI=1S/C12H14IN2/c1-9-11(13)15(3)12(14(9)2)10-7-5-4-6-8-10/h4-8H,1-3H3/q+1. The van der Waals surface area contributed by atoms with Crippen molar-refractivity contribution in [2.24, 2.45) is 14.1 Å². The van der Waals surface area contributed by atoms with E-state index in [1.54, 1.807) is 0 Å². The number of hydrogen-bond donors (Lipinski definition) is 0. The second-order valence-corrected chi connectivity index (χ2v) is 4.71. The van der Waals surface area contributed by atoms with E-state index in [0.717, 1.165) is 0 Å². The van der Waals surface area contributed by atoms with Gasteiger partial charge in [0.1, 0.15) is 0 Å². The number of hydrogen-bond acceptors (Lipinski definition) is 0. The Morgan fingerprint density at radius 1 is 1.20 bits per heavy atom. The SMILES string of the molecule is Cc1c(I)[n+](C)c(-c2ccccc2)n1C. The van der Waals surface area contributed by atoms with Crippen molar-refractivity contribution in [3.8, 4) is 11.4 Å². The summed E-state index contributed by atoms with van der Waals surface area (Å²) in [6, 6.07) is 10.5. The molecule has 0 aliphatic carbocycles. The van der Waals surface area contributed by atoms with E-state index >= 15 is 0 Å². The third-order valence-corrected chi connectivity index (χ3v) is 4.27. The van der Waals surface area contributed by atoms with Crippen molar-refractivity contribution in [3.63, 3.8) is 0 Å². The van der Waals surface area contributed by atoms with Crippen LogP contribution in [-0.4, -0.2) is 4.57 Å². The molecule has 1 heterocycles. The topological polar surface area (TPSA) is 8.81 Å². The molecule has 78 valence electrons. The molecular formula is C12H14IN2+. The van der Waals surface area contributed by atoms with E-state index in [2.05, 4.69) is 77.0 Å². The molecule has 2 rings (SSSR count). The van der Waals surface area contributed by atoms with Gasteiger partial charge in [-0.25, -0.2) is 9.13 Å². The third kappa shape index (κ3) is 1.69. The van der Waals surface area contributed by atoms with Crippen LogP contribution in [0.5, 0.6) is 0 Å². The number of benzene rings is 1. The normalized spacial score (nSPS) is 10.7. The highest BCUT2D eigenvalue weighted by Gasteiger charge is 2.22. The van der Waals surface area contributed by atoms with Crippen LogP contribution in [0.3, 0.4) is 0 Å². The van der Waals surface area contributed by atoms with Crippen molar-refractivity contribution in [2.45, 2.75) is 6.92 Å². The second-order valence-electron chi connectivity index (χ2n) is 3.68. The van der Waals surface area contributed by atoms with E-state index in [1.807, 2.05) is 6.07 Å². The molecular weight excluding hydrogens is 299 g/mol. The highest BCUT2D eigenvalue weighted by Crippen LogP contribution is 2.19. The molecule has 1 aromatic carbocycles. The van der Waals surface area contributed by atoms with Crippen molar-refractivity contribution in [1.82, 2.24) is 4.57 Å². The lowest BCUT2D eigenvalue weighted by atomic mass is 10.2. The number of halogens is 1. The largest absolute Gasteiger partial charge is 0.289 e. The fourth-order valence-corrected chi connectivity index (χ4v) is 2.42. The molecule has 0 spiro atoms. The molecule has 1 aromatic heterocycles. The highest BCUT2D eigenvalue weighted by molar-refractivity contribution is 14.1. The van der Waals surface area contributed by atoms with Gasteiger partial charge in [0.25, 0.3) is 5.82 Å². The molecule has 0 unspecified atom stereocenters. The van der Waals surface area contributed by atoms with Gasteiger partial charge in [0.2, 0.25) is 3.70 Å². The Morgan fingerprint density at radius 3 is 2.27 bits per heavy atom. The van der Waals surface area contributed by atoms with E-state index in [-0.39, 0.29) is 0 Å². The van der Waals surface area contributed by atoms with Gasteiger partial charge < -0.3 is 0 Å². The number of imidazole rings is 1. The highest BCUT2D eigenvalue weighted by atomic mass is 127. The lowest BCUT2D eigenvalue weighted by molar-refractivity contribution is -0.672. The average Bonchev–Trinajstić information content (AvgIpc) is 2.45. The molecule has 0 fully saturated rings. The van der Waals surface area contributed by atoms with Crippen LogP contribution < -0.4 is 4.57 Å². The van der Waals surface area contributed by atoms with Crippen LogP contribution in [0.1, 0.15) is 5.69 Å².